The van der Waals surface area contributed by atoms with Crippen molar-refractivity contribution < 1.29 is 0 Å². The number of fused-ring (bicyclic) bond motifs is 2. The van der Waals surface area contributed by atoms with Crippen molar-refractivity contribution >= 4 is 0 Å². The summed E-state index contributed by atoms with van der Waals surface area (Å²) in [6.07, 6.45) is 14.1. The Morgan fingerprint density at radius 3 is 3.00 bits per heavy atom. The van der Waals surface area contributed by atoms with Gasteiger partial charge in [-0.2, -0.15) is 0 Å². The molecule has 66 valence electrons. The first-order valence-corrected chi connectivity index (χ1v) is 5.28. The summed E-state index contributed by atoms with van der Waals surface area (Å²) in [5, 5.41) is 0. The number of rotatable bonds is 3. The topological polar surface area (TPSA) is 0 Å². The highest BCUT2D eigenvalue weighted by Crippen LogP contribution is 2.43. The van der Waals surface area contributed by atoms with Gasteiger partial charge in [0.15, 0.2) is 0 Å². The number of hydrogen-bond acceptors (Lipinski definition) is 0. The third-order valence-electron chi connectivity index (χ3n) is 3.14. The maximum atomic E-state index is 2.50. The molecule has 0 spiro atoms. The molecule has 0 nitrogen and oxygen atoms in total. The van der Waals surface area contributed by atoms with Crippen LogP contribution >= 0.6 is 0 Å². The van der Waals surface area contributed by atoms with E-state index in [-0.39, 0.29) is 0 Å². The summed E-state index contributed by atoms with van der Waals surface area (Å²) >= 11 is 0. The summed E-state index contributed by atoms with van der Waals surface area (Å²) in [5.41, 5.74) is 1.64. The Hall–Kier alpha value is -0.520. The fourth-order valence-corrected chi connectivity index (χ4v) is 2.46. The predicted molar refractivity (Wildman–Crippen MR) is 53.0 cm³/mol. The van der Waals surface area contributed by atoms with Gasteiger partial charge in [-0.3, -0.25) is 0 Å². The molecule has 2 atom stereocenters. The lowest BCUT2D eigenvalue weighted by molar-refractivity contribution is 0.671. The van der Waals surface area contributed by atoms with Crippen molar-refractivity contribution in [1.82, 2.24) is 0 Å². The zero-order valence-electron chi connectivity index (χ0n) is 7.92. The number of hydrogen-bond donors (Lipinski definition) is 0. The molecule has 0 aromatic heterocycles. The Morgan fingerprint density at radius 2 is 2.42 bits per heavy atom. The minimum absolute atomic E-state index is 0.933. The molecule has 1 fully saturated rings. The highest BCUT2D eigenvalue weighted by atomic mass is 14.4. The quantitative estimate of drug-likeness (QED) is 0.593. The van der Waals surface area contributed by atoms with Crippen LogP contribution in [0.1, 0.15) is 39.0 Å². The van der Waals surface area contributed by atoms with Gasteiger partial charge >= 0.3 is 0 Å². The molecule has 2 aliphatic carbocycles. The highest BCUT2D eigenvalue weighted by Gasteiger charge is 2.30. The van der Waals surface area contributed by atoms with E-state index in [2.05, 4.69) is 25.2 Å². The van der Waals surface area contributed by atoms with Gasteiger partial charge in [0.25, 0.3) is 0 Å². The molecule has 2 unspecified atom stereocenters. The van der Waals surface area contributed by atoms with Gasteiger partial charge in [0, 0.05) is 0 Å². The van der Waals surface area contributed by atoms with Crippen molar-refractivity contribution in [3.8, 4) is 0 Å². The zero-order valence-corrected chi connectivity index (χ0v) is 7.92. The third kappa shape index (κ3) is 1.48. The molecule has 2 rings (SSSR count). The molecule has 0 saturated heterocycles. The molecule has 0 aromatic rings. The van der Waals surface area contributed by atoms with Crippen LogP contribution in [0.4, 0.5) is 0 Å². The third-order valence-corrected chi connectivity index (χ3v) is 3.14. The first kappa shape index (κ1) is 8.10. The Morgan fingerprint density at radius 1 is 1.50 bits per heavy atom. The highest BCUT2D eigenvalue weighted by molar-refractivity contribution is 5.29. The fraction of sp³-hybridized carbons (Fsp3) is 0.667. The van der Waals surface area contributed by atoms with Gasteiger partial charge in [-0.05, 0) is 43.1 Å². The first-order chi connectivity index (χ1) is 5.90. The van der Waals surface area contributed by atoms with E-state index in [1.54, 1.807) is 5.57 Å². The lowest BCUT2D eigenvalue weighted by atomic mass is 9.98. The molecule has 0 aliphatic heterocycles. The van der Waals surface area contributed by atoms with Crippen molar-refractivity contribution in [1.29, 1.82) is 0 Å². The monoisotopic (exact) mass is 162 g/mol. The van der Waals surface area contributed by atoms with Crippen molar-refractivity contribution in [2.75, 3.05) is 0 Å². The molecule has 0 heteroatoms. The maximum absolute atomic E-state index is 2.50. The minimum atomic E-state index is 0.933. The summed E-state index contributed by atoms with van der Waals surface area (Å²) in [4.78, 5) is 0. The molecule has 0 radical (unpaired) electrons. The minimum Gasteiger partial charge on any atom is -0.0843 e. The van der Waals surface area contributed by atoms with E-state index >= 15 is 0 Å². The maximum Gasteiger partial charge on any atom is -0.0159 e. The molecule has 0 heterocycles. The largest absolute Gasteiger partial charge is 0.0843 e. The Kier molecular flexibility index (Phi) is 2.34. The van der Waals surface area contributed by atoms with Crippen LogP contribution in [0.5, 0.6) is 0 Å². The van der Waals surface area contributed by atoms with E-state index in [9.17, 15) is 0 Å². The zero-order chi connectivity index (χ0) is 8.39. The lowest BCUT2D eigenvalue weighted by Gasteiger charge is -2.08. The van der Waals surface area contributed by atoms with E-state index in [0.29, 0.717) is 0 Å². The molecule has 2 bridgehead atoms. The second-order valence-electron chi connectivity index (χ2n) is 4.13. The summed E-state index contributed by atoms with van der Waals surface area (Å²) < 4.78 is 0. The van der Waals surface area contributed by atoms with E-state index in [4.69, 9.17) is 0 Å². The molecule has 0 aromatic carbocycles. The first-order valence-electron chi connectivity index (χ1n) is 5.28. The lowest BCUT2D eigenvalue weighted by Crippen LogP contribution is -1.93. The van der Waals surface area contributed by atoms with E-state index in [1.165, 1.54) is 32.1 Å². The standard InChI is InChI=1S/C12H18/c1-2-3-4-5-11-8-10-6-7-12(11)9-10/h4-5,8,10,12H,2-3,6-7,9H2,1H3. The van der Waals surface area contributed by atoms with E-state index in [0.717, 1.165) is 11.8 Å². The number of allylic oxidation sites excluding steroid dienone is 4. The summed E-state index contributed by atoms with van der Waals surface area (Å²) in [6, 6.07) is 0. The molecule has 1 saturated carbocycles. The predicted octanol–water partition coefficient (Wildman–Crippen LogP) is 3.70. The average molecular weight is 162 g/mol. The van der Waals surface area contributed by atoms with Gasteiger partial charge in [0.2, 0.25) is 0 Å². The molecular formula is C12H18. The van der Waals surface area contributed by atoms with Crippen LogP contribution in [-0.4, -0.2) is 0 Å². The van der Waals surface area contributed by atoms with Crippen LogP contribution in [0.25, 0.3) is 0 Å². The van der Waals surface area contributed by atoms with Gasteiger partial charge in [-0.15, -0.1) is 0 Å². The summed E-state index contributed by atoms with van der Waals surface area (Å²) in [5.74, 6) is 1.87. The van der Waals surface area contributed by atoms with E-state index in [1.807, 2.05) is 0 Å². The Balaban J connectivity index is 1.93. The number of unbranched alkanes of at least 4 members (excludes halogenated alkanes) is 1. The van der Waals surface area contributed by atoms with Crippen molar-refractivity contribution in [3.63, 3.8) is 0 Å². The van der Waals surface area contributed by atoms with Crippen LogP contribution in [0.2, 0.25) is 0 Å². The van der Waals surface area contributed by atoms with Crippen molar-refractivity contribution in [2.24, 2.45) is 11.8 Å². The van der Waals surface area contributed by atoms with Gasteiger partial charge in [-0.1, -0.05) is 31.6 Å². The average Bonchev–Trinajstić information content (AvgIpc) is 2.65. The smallest absolute Gasteiger partial charge is 0.0159 e. The molecular weight excluding hydrogens is 144 g/mol. The Bertz CT molecular complexity index is 210. The second kappa shape index (κ2) is 3.47. The summed E-state index contributed by atoms with van der Waals surface area (Å²) in [6.45, 7) is 2.24. The SMILES string of the molecule is CCCC=CC1=CC2CCC1C2. The second-order valence-corrected chi connectivity index (χ2v) is 4.13. The van der Waals surface area contributed by atoms with Gasteiger partial charge in [0.05, 0.1) is 0 Å². The van der Waals surface area contributed by atoms with Crippen LogP contribution in [0.3, 0.4) is 0 Å². The molecule has 2 aliphatic rings. The summed E-state index contributed by atoms with van der Waals surface area (Å²) in [7, 11) is 0. The fourth-order valence-electron chi connectivity index (χ4n) is 2.46. The molecule has 0 amide bonds. The van der Waals surface area contributed by atoms with Crippen LogP contribution in [-0.2, 0) is 0 Å². The normalized spacial score (nSPS) is 33.2. The van der Waals surface area contributed by atoms with Gasteiger partial charge in [0.1, 0.15) is 0 Å². The van der Waals surface area contributed by atoms with Gasteiger partial charge in [-0.25, -0.2) is 0 Å². The van der Waals surface area contributed by atoms with Crippen molar-refractivity contribution in [2.45, 2.75) is 39.0 Å². The Labute approximate surface area is 75.4 Å². The van der Waals surface area contributed by atoms with Crippen molar-refractivity contribution in [3.05, 3.63) is 23.8 Å². The molecule has 12 heavy (non-hydrogen) atoms. The molecule has 0 N–H and O–H groups in total. The van der Waals surface area contributed by atoms with E-state index < -0.39 is 0 Å². The van der Waals surface area contributed by atoms with Crippen LogP contribution < -0.4 is 0 Å². The van der Waals surface area contributed by atoms with Crippen LogP contribution in [0.15, 0.2) is 23.8 Å². The van der Waals surface area contributed by atoms with Gasteiger partial charge < -0.3 is 0 Å². The van der Waals surface area contributed by atoms with Crippen LogP contribution in [0, 0.1) is 11.8 Å².